The average molecular weight is 362 g/mol. The highest BCUT2D eigenvalue weighted by Crippen LogP contribution is 2.40. The zero-order chi connectivity index (χ0) is 19.0. The molecule has 27 heavy (non-hydrogen) atoms. The first-order valence-corrected chi connectivity index (χ1v) is 8.94. The summed E-state index contributed by atoms with van der Waals surface area (Å²) in [4.78, 5) is 12.9. The molecule has 0 aliphatic carbocycles. The SMILES string of the molecule is COc1cc2c(cc1OC)-c1cc(C)c(C(=O)Nc3ccccc3)n1CC2. The van der Waals surface area contributed by atoms with E-state index in [-0.39, 0.29) is 5.91 Å². The van der Waals surface area contributed by atoms with Crippen LogP contribution < -0.4 is 14.8 Å². The number of anilines is 1. The second-order valence-electron chi connectivity index (χ2n) is 6.65. The third-order valence-electron chi connectivity index (χ3n) is 5.02. The highest BCUT2D eigenvalue weighted by Gasteiger charge is 2.26. The van der Waals surface area contributed by atoms with E-state index >= 15 is 0 Å². The van der Waals surface area contributed by atoms with Crippen molar-refractivity contribution < 1.29 is 14.3 Å². The van der Waals surface area contributed by atoms with Gasteiger partial charge in [-0.15, -0.1) is 0 Å². The first kappa shape index (κ1) is 17.2. The third kappa shape index (κ3) is 2.95. The molecule has 1 aliphatic rings. The van der Waals surface area contributed by atoms with Crippen molar-refractivity contribution in [1.82, 2.24) is 4.57 Å². The van der Waals surface area contributed by atoms with Gasteiger partial charge in [0.05, 0.1) is 14.2 Å². The normalized spacial score (nSPS) is 12.1. The summed E-state index contributed by atoms with van der Waals surface area (Å²) in [5.74, 6) is 1.34. The number of aromatic nitrogens is 1. The molecule has 2 heterocycles. The minimum Gasteiger partial charge on any atom is -0.493 e. The van der Waals surface area contributed by atoms with Gasteiger partial charge in [0.1, 0.15) is 5.69 Å². The maximum atomic E-state index is 12.9. The van der Waals surface area contributed by atoms with Gasteiger partial charge in [-0.3, -0.25) is 4.79 Å². The molecule has 5 heteroatoms. The number of methoxy groups -OCH3 is 2. The van der Waals surface area contributed by atoms with Crippen molar-refractivity contribution in [1.29, 1.82) is 0 Å². The monoisotopic (exact) mass is 362 g/mol. The molecule has 1 amide bonds. The Labute approximate surface area is 158 Å². The number of nitrogens with zero attached hydrogens (tertiary/aromatic N) is 1. The van der Waals surface area contributed by atoms with E-state index in [1.54, 1.807) is 14.2 Å². The molecule has 1 N–H and O–H groups in total. The maximum absolute atomic E-state index is 12.9. The number of amides is 1. The molecule has 4 rings (SSSR count). The van der Waals surface area contributed by atoms with Crippen molar-refractivity contribution in [2.75, 3.05) is 19.5 Å². The first-order chi connectivity index (χ1) is 13.1. The van der Waals surface area contributed by atoms with E-state index in [4.69, 9.17) is 9.47 Å². The van der Waals surface area contributed by atoms with Crippen LogP contribution in [0, 0.1) is 6.92 Å². The van der Waals surface area contributed by atoms with Gasteiger partial charge in [0, 0.05) is 23.5 Å². The van der Waals surface area contributed by atoms with E-state index in [1.807, 2.05) is 49.4 Å². The van der Waals surface area contributed by atoms with Crippen LogP contribution in [0.5, 0.6) is 11.5 Å². The lowest BCUT2D eigenvalue weighted by molar-refractivity contribution is 0.101. The van der Waals surface area contributed by atoms with Crippen LogP contribution in [-0.4, -0.2) is 24.7 Å². The van der Waals surface area contributed by atoms with E-state index in [0.717, 1.165) is 41.2 Å². The molecule has 138 valence electrons. The average Bonchev–Trinajstić information content (AvgIpc) is 3.03. The number of para-hydroxylation sites is 1. The summed E-state index contributed by atoms with van der Waals surface area (Å²) < 4.78 is 13.0. The van der Waals surface area contributed by atoms with E-state index in [0.29, 0.717) is 11.4 Å². The van der Waals surface area contributed by atoms with Crippen LogP contribution in [-0.2, 0) is 13.0 Å². The Morgan fingerprint density at radius 1 is 1.04 bits per heavy atom. The van der Waals surface area contributed by atoms with E-state index in [1.165, 1.54) is 5.56 Å². The summed E-state index contributed by atoms with van der Waals surface area (Å²) in [5, 5.41) is 3.00. The van der Waals surface area contributed by atoms with Crippen LogP contribution in [0.4, 0.5) is 5.69 Å². The van der Waals surface area contributed by atoms with Crippen molar-refractivity contribution >= 4 is 11.6 Å². The van der Waals surface area contributed by atoms with Crippen molar-refractivity contribution in [3.63, 3.8) is 0 Å². The fourth-order valence-corrected chi connectivity index (χ4v) is 3.75. The lowest BCUT2D eigenvalue weighted by Crippen LogP contribution is -2.21. The Balaban J connectivity index is 1.76. The van der Waals surface area contributed by atoms with Crippen LogP contribution in [0.3, 0.4) is 0 Å². The van der Waals surface area contributed by atoms with Gasteiger partial charge in [0.25, 0.3) is 5.91 Å². The molecule has 0 saturated heterocycles. The number of benzene rings is 2. The smallest absolute Gasteiger partial charge is 0.272 e. The number of aryl methyl sites for hydroxylation is 2. The van der Waals surface area contributed by atoms with E-state index in [9.17, 15) is 4.79 Å². The molecule has 1 aliphatic heterocycles. The predicted octanol–water partition coefficient (Wildman–Crippen LogP) is 4.29. The minimum atomic E-state index is -0.0890. The highest BCUT2D eigenvalue weighted by atomic mass is 16.5. The largest absolute Gasteiger partial charge is 0.493 e. The van der Waals surface area contributed by atoms with Crippen LogP contribution in [0.1, 0.15) is 21.6 Å². The number of fused-ring (bicyclic) bond motifs is 3. The molecular weight excluding hydrogens is 340 g/mol. The number of ether oxygens (including phenoxy) is 2. The Kier molecular flexibility index (Phi) is 4.36. The second kappa shape index (κ2) is 6.83. The number of carbonyl (C=O) groups is 1. The van der Waals surface area contributed by atoms with Gasteiger partial charge in [0.15, 0.2) is 11.5 Å². The zero-order valence-electron chi connectivity index (χ0n) is 15.7. The Morgan fingerprint density at radius 3 is 2.44 bits per heavy atom. The molecule has 0 saturated carbocycles. The van der Waals surface area contributed by atoms with Gasteiger partial charge >= 0.3 is 0 Å². The Bertz CT molecular complexity index is 1010. The number of hydrogen-bond donors (Lipinski definition) is 1. The topological polar surface area (TPSA) is 52.5 Å². The quantitative estimate of drug-likeness (QED) is 0.753. The summed E-state index contributed by atoms with van der Waals surface area (Å²) in [6, 6.07) is 15.6. The molecule has 3 aromatic rings. The molecule has 0 unspecified atom stereocenters. The number of rotatable bonds is 4. The summed E-state index contributed by atoms with van der Waals surface area (Å²) in [5.41, 5.74) is 5.77. The van der Waals surface area contributed by atoms with Crippen LogP contribution in [0.25, 0.3) is 11.3 Å². The summed E-state index contributed by atoms with van der Waals surface area (Å²) in [7, 11) is 3.28. The van der Waals surface area contributed by atoms with Gasteiger partial charge < -0.3 is 19.4 Å². The predicted molar refractivity (Wildman–Crippen MR) is 106 cm³/mol. The van der Waals surface area contributed by atoms with Crippen LogP contribution in [0.2, 0.25) is 0 Å². The highest BCUT2D eigenvalue weighted by molar-refractivity contribution is 6.05. The Morgan fingerprint density at radius 2 is 1.74 bits per heavy atom. The van der Waals surface area contributed by atoms with Crippen molar-refractivity contribution in [3.8, 4) is 22.8 Å². The number of nitrogens with one attached hydrogen (secondary N) is 1. The molecule has 0 spiro atoms. The fourth-order valence-electron chi connectivity index (χ4n) is 3.75. The molecule has 5 nitrogen and oxygen atoms in total. The van der Waals surface area contributed by atoms with Crippen LogP contribution in [0.15, 0.2) is 48.5 Å². The molecule has 2 aromatic carbocycles. The zero-order valence-corrected chi connectivity index (χ0v) is 15.7. The van der Waals surface area contributed by atoms with Gasteiger partial charge in [-0.1, -0.05) is 18.2 Å². The second-order valence-corrected chi connectivity index (χ2v) is 6.65. The number of carbonyl (C=O) groups excluding carboxylic acids is 1. The first-order valence-electron chi connectivity index (χ1n) is 8.94. The molecule has 0 radical (unpaired) electrons. The Hall–Kier alpha value is -3.21. The van der Waals surface area contributed by atoms with Gasteiger partial charge in [0.2, 0.25) is 0 Å². The number of hydrogen-bond acceptors (Lipinski definition) is 3. The third-order valence-corrected chi connectivity index (χ3v) is 5.02. The fraction of sp³-hybridized carbons (Fsp3) is 0.227. The maximum Gasteiger partial charge on any atom is 0.272 e. The van der Waals surface area contributed by atoms with Gasteiger partial charge in [-0.25, -0.2) is 0 Å². The molecule has 0 fully saturated rings. The molecular formula is C22H22N2O3. The summed E-state index contributed by atoms with van der Waals surface area (Å²) >= 11 is 0. The summed E-state index contributed by atoms with van der Waals surface area (Å²) in [6.45, 7) is 2.73. The lowest BCUT2D eigenvalue weighted by Gasteiger charge is -2.23. The van der Waals surface area contributed by atoms with E-state index < -0.39 is 0 Å². The molecule has 1 aromatic heterocycles. The van der Waals surface area contributed by atoms with Gasteiger partial charge in [-0.05, 0) is 54.8 Å². The van der Waals surface area contributed by atoms with Crippen molar-refractivity contribution in [3.05, 3.63) is 65.4 Å². The van der Waals surface area contributed by atoms with E-state index in [2.05, 4.69) is 16.0 Å². The molecule has 0 bridgehead atoms. The lowest BCUT2D eigenvalue weighted by atomic mass is 9.97. The van der Waals surface area contributed by atoms with Gasteiger partial charge in [-0.2, -0.15) is 0 Å². The molecule has 0 atom stereocenters. The standard InChI is InChI=1S/C22H22N2O3/c1-14-11-18-17-13-20(27-3)19(26-2)12-15(17)9-10-24(18)21(14)22(25)23-16-7-5-4-6-8-16/h4-8,11-13H,9-10H2,1-3H3,(H,23,25). The van der Waals surface area contributed by atoms with Crippen LogP contribution >= 0.6 is 0 Å². The van der Waals surface area contributed by atoms with Crippen molar-refractivity contribution in [2.45, 2.75) is 19.9 Å². The van der Waals surface area contributed by atoms with Crippen molar-refractivity contribution in [2.24, 2.45) is 0 Å². The summed E-state index contributed by atoms with van der Waals surface area (Å²) in [6.07, 6.45) is 0.836. The minimum absolute atomic E-state index is 0.0890.